The number of hydrogen-bond donors (Lipinski definition) is 1. The number of likely N-dealkylation sites (tertiary alicyclic amines) is 1. The van der Waals surface area contributed by atoms with Crippen molar-refractivity contribution in [3.8, 4) is 0 Å². The van der Waals surface area contributed by atoms with Crippen LogP contribution in [0, 0.1) is 12.8 Å². The standard InChI is InChI=1S/C16H25NO/c1-12-6-4-8-15(10-12)16(18)11-17-9-5-7-13(2)14(17)3/h4,6,8,10,13-14,16,18H,5,7,9,11H2,1-3H3. The maximum absolute atomic E-state index is 10.4. The minimum Gasteiger partial charge on any atom is -0.387 e. The highest BCUT2D eigenvalue weighted by molar-refractivity contribution is 5.24. The largest absolute Gasteiger partial charge is 0.387 e. The summed E-state index contributed by atoms with van der Waals surface area (Å²) in [5.74, 6) is 0.739. The van der Waals surface area contributed by atoms with Gasteiger partial charge in [-0.1, -0.05) is 36.8 Å². The summed E-state index contributed by atoms with van der Waals surface area (Å²) in [5.41, 5.74) is 2.26. The molecule has 3 atom stereocenters. The number of β-amino-alcohol motifs (C(OH)–C–C–N with tert-alkyl or cyclic N) is 1. The lowest BCUT2D eigenvalue weighted by Crippen LogP contribution is -2.44. The molecule has 3 unspecified atom stereocenters. The molecule has 1 aliphatic heterocycles. The topological polar surface area (TPSA) is 23.5 Å². The molecular weight excluding hydrogens is 222 g/mol. The highest BCUT2D eigenvalue weighted by atomic mass is 16.3. The summed E-state index contributed by atoms with van der Waals surface area (Å²) in [5, 5.41) is 10.4. The van der Waals surface area contributed by atoms with Gasteiger partial charge in [-0.05, 0) is 44.7 Å². The molecule has 0 aromatic heterocycles. The second kappa shape index (κ2) is 5.85. The summed E-state index contributed by atoms with van der Waals surface area (Å²) in [7, 11) is 0. The molecule has 2 nitrogen and oxygen atoms in total. The van der Waals surface area contributed by atoms with Gasteiger partial charge in [-0.3, -0.25) is 4.90 Å². The fourth-order valence-corrected chi connectivity index (χ4v) is 2.88. The molecular formula is C16H25NO. The van der Waals surface area contributed by atoms with E-state index in [1.807, 2.05) is 12.1 Å². The average Bonchev–Trinajstić information content (AvgIpc) is 2.35. The number of benzene rings is 1. The molecule has 100 valence electrons. The number of hydrogen-bond acceptors (Lipinski definition) is 2. The molecule has 0 saturated carbocycles. The third-order valence-corrected chi connectivity index (χ3v) is 4.34. The van der Waals surface area contributed by atoms with Crippen LogP contribution in [0.15, 0.2) is 24.3 Å². The van der Waals surface area contributed by atoms with Crippen molar-refractivity contribution >= 4 is 0 Å². The fourth-order valence-electron chi connectivity index (χ4n) is 2.88. The lowest BCUT2D eigenvalue weighted by molar-refractivity contribution is 0.0513. The lowest BCUT2D eigenvalue weighted by Gasteiger charge is -2.39. The second-order valence-electron chi connectivity index (χ2n) is 5.78. The maximum Gasteiger partial charge on any atom is 0.0917 e. The number of nitrogens with zero attached hydrogens (tertiary/aromatic N) is 1. The molecule has 1 saturated heterocycles. The van der Waals surface area contributed by atoms with Gasteiger partial charge in [0.15, 0.2) is 0 Å². The highest BCUT2D eigenvalue weighted by Crippen LogP contribution is 2.25. The van der Waals surface area contributed by atoms with Gasteiger partial charge in [-0.25, -0.2) is 0 Å². The third kappa shape index (κ3) is 3.12. The molecule has 1 aromatic carbocycles. The van der Waals surface area contributed by atoms with E-state index in [0.717, 1.165) is 24.6 Å². The lowest BCUT2D eigenvalue weighted by atomic mass is 9.91. The summed E-state index contributed by atoms with van der Waals surface area (Å²) in [6.45, 7) is 8.55. The zero-order chi connectivity index (χ0) is 13.1. The number of aliphatic hydroxyl groups excluding tert-OH is 1. The van der Waals surface area contributed by atoms with Crippen molar-refractivity contribution in [2.75, 3.05) is 13.1 Å². The Hall–Kier alpha value is -0.860. The maximum atomic E-state index is 10.4. The van der Waals surface area contributed by atoms with Crippen LogP contribution in [0.5, 0.6) is 0 Å². The van der Waals surface area contributed by atoms with Crippen molar-refractivity contribution in [1.82, 2.24) is 4.90 Å². The number of aliphatic hydroxyl groups is 1. The summed E-state index contributed by atoms with van der Waals surface area (Å²) < 4.78 is 0. The Labute approximate surface area is 111 Å². The van der Waals surface area contributed by atoms with Gasteiger partial charge in [0.1, 0.15) is 0 Å². The molecule has 0 aliphatic carbocycles. The van der Waals surface area contributed by atoms with Crippen LogP contribution >= 0.6 is 0 Å². The van der Waals surface area contributed by atoms with E-state index >= 15 is 0 Å². The van der Waals surface area contributed by atoms with Gasteiger partial charge in [-0.2, -0.15) is 0 Å². The van der Waals surface area contributed by atoms with Crippen molar-refractivity contribution in [2.24, 2.45) is 5.92 Å². The van der Waals surface area contributed by atoms with E-state index in [1.54, 1.807) is 0 Å². The average molecular weight is 247 g/mol. The van der Waals surface area contributed by atoms with E-state index in [1.165, 1.54) is 18.4 Å². The van der Waals surface area contributed by atoms with Gasteiger partial charge in [0.05, 0.1) is 6.10 Å². The van der Waals surface area contributed by atoms with Gasteiger partial charge in [-0.15, -0.1) is 0 Å². The van der Waals surface area contributed by atoms with Crippen LogP contribution < -0.4 is 0 Å². The van der Waals surface area contributed by atoms with E-state index in [-0.39, 0.29) is 6.10 Å². The van der Waals surface area contributed by atoms with Crippen LogP contribution in [0.4, 0.5) is 0 Å². The number of piperidine rings is 1. The third-order valence-electron chi connectivity index (χ3n) is 4.34. The minimum absolute atomic E-state index is 0.363. The van der Waals surface area contributed by atoms with E-state index < -0.39 is 0 Å². The molecule has 1 aromatic rings. The molecule has 0 amide bonds. The Morgan fingerprint density at radius 3 is 2.89 bits per heavy atom. The van der Waals surface area contributed by atoms with Crippen molar-refractivity contribution in [1.29, 1.82) is 0 Å². The van der Waals surface area contributed by atoms with Gasteiger partial charge < -0.3 is 5.11 Å². The molecule has 1 N–H and O–H groups in total. The Bertz CT molecular complexity index is 390. The van der Waals surface area contributed by atoms with Crippen LogP contribution in [0.25, 0.3) is 0 Å². The van der Waals surface area contributed by atoms with E-state index in [4.69, 9.17) is 0 Å². The zero-order valence-corrected chi connectivity index (χ0v) is 11.8. The summed E-state index contributed by atoms with van der Waals surface area (Å²) in [6, 6.07) is 8.79. The van der Waals surface area contributed by atoms with Gasteiger partial charge in [0.2, 0.25) is 0 Å². The smallest absolute Gasteiger partial charge is 0.0917 e. The van der Waals surface area contributed by atoms with Crippen LogP contribution in [-0.4, -0.2) is 29.1 Å². The first-order chi connectivity index (χ1) is 8.58. The molecule has 1 heterocycles. The summed E-state index contributed by atoms with van der Waals surface area (Å²) in [6.07, 6.45) is 2.21. The van der Waals surface area contributed by atoms with Crippen molar-refractivity contribution < 1.29 is 5.11 Å². The Kier molecular flexibility index (Phi) is 4.41. The monoisotopic (exact) mass is 247 g/mol. The quantitative estimate of drug-likeness (QED) is 0.887. The minimum atomic E-state index is -0.363. The Morgan fingerprint density at radius 2 is 2.17 bits per heavy atom. The van der Waals surface area contributed by atoms with Gasteiger partial charge >= 0.3 is 0 Å². The van der Waals surface area contributed by atoms with E-state index in [9.17, 15) is 5.11 Å². The molecule has 2 heteroatoms. The predicted octanol–water partition coefficient (Wildman–Crippen LogP) is 3.15. The normalized spacial score (nSPS) is 27.1. The fraction of sp³-hybridized carbons (Fsp3) is 0.625. The first kappa shape index (κ1) is 13.6. The Balaban J connectivity index is 2.00. The van der Waals surface area contributed by atoms with Gasteiger partial charge in [0, 0.05) is 12.6 Å². The van der Waals surface area contributed by atoms with E-state index in [0.29, 0.717) is 6.04 Å². The van der Waals surface area contributed by atoms with Gasteiger partial charge in [0.25, 0.3) is 0 Å². The molecule has 1 fully saturated rings. The molecule has 0 radical (unpaired) electrons. The highest BCUT2D eigenvalue weighted by Gasteiger charge is 2.26. The van der Waals surface area contributed by atoms with Crippen molar-refractivity contribution in [3.63, 3.8) is 0 Å². The van der Waals surface area contributed by atoms with Crippen molar-refractivity contribution in [3.05, 3.63) is 35.4 Å². The van der Waals surface area contributed by atoms with Crippen LogP contribution in [0.2, 0.25) is 0 Å². The van der Waals surface area contributed by atoms with Crippen LogP contribution in [0.1, 0.15) is 43.9 Å². The predicted molar refractivity (Wildman–Crippen MR) is 75.6 cm³/mol. The first-order valence-electron chi connectivity index (χ1n) is 7.06. The molecule has 0 bridgehead atoms. The molecule has 2 rings (SSSR count). The molecule has 18 heavy (non-hydrogen) atoms. The molecule has 0 spiro atoms. The van der Waals surface area contributed by atoms with Crippen LogP contribution in [-0.2, 0) is 0 Å². The zero-order valence-electron chi connectivity index (χ0n) is 11.8. The SMILES string of the molecule is Cc1cccc(C(O)CN2CCCC(C)C2C)c1. The second-order valence-corrected chi connectivity index (χ2v) is 5.78. The summed E-state index contributed by atoms with van der Waals surface area (Å²) >= 11 is 0. The first-order valence-corrected chi connectivity index (χ1v) is 7.06. The van der Waals surface area contributed by atoms with Crippen LogP contribution in [0.3, 0.4) is 0 Å². The Morgan fingerprint density at radius 1 is 1.39 bits per heavy atom. The summed E-state index contributed by atoms with van der Waals surface area (Å²) in [4.78, 5) is 2.43. The van der Waals surface area contributed by atoms with Crippen molar-refractivity contribution in [2.45, 2.75) is 45.8 Å². The number of rotatable bonds is 3. The number of aryl methyl sites for hydroxylation is 1. The van der Waals surface area contributed by atoms with E-state index in [2.05, 4.69) is 37.8 Å². The molecule has 1 aliphatic rings.